The monoisotopic (exact) mass is 437 g/mol. The Morgan fingerprint density at radius 3 is 2.75 bits per heavy atom. The SMILES string of the molecule is O=C(OCc1cc(=O)c(OCCCCCn2ccc3ccccc32)co1)C1CCCCC1. The lowest BCUT2D eigenvalue weighted by Crippen LogP contribution is -2.20. The minimum absolute atomic E-state index is 0.0150. The van der Waals surface area contributed by atoms with Gasteiger partial charge in [-0.2, -0.15) is 0 Å². The molecule has 1 aromatic carbocycles. The van der Waals surface area contributed by atoms with Crippen LogP contribution < -0.4 is 10.2 Å². The van der Waals surface area contributed by atoms with Crippen molar-refractivity contribution in [3.05, 3.63) is 64.8 Å². The van der Waals surface area contributed by atoms with Crippen molar-refractivity contribution in [2.75, 3.05) is 6.61 Å². The molecule has 1 fully saturated rings. The Kier molecular flexibility index (Phi) is 7.64. The summed E-state index contributed by atoms with van der Waals surface area (Å²) in [5.41, 5.74) is 1.00. The molecule has 0 N–H and O–H groups in total. The fraction of sp³-hybridized carbons (Fsp3) is 0.462. The molecular formula is C26H31NO5. The summed E-state index contributed by atoms with van der Waals surface area (Å²) < 4.78 is 18.6. The average Bonchev–Trinajstić information content (AvgIpc) is 3.24. The first kappa shape index (κ1) is 22.2. The summed E-state index contributed by atoms with van der Waals surface area (Å²) in [7, 11) is 0. The Bertz CT molecular complexity index is 1080. The molecule has 0 saturated heterocycles. The lowest BCUT2D eigenvalue weighted by Gasteiger charge is -2.19. The van der Waals surface area contributed by atoms with E-state index >= 15 is 0 Å². The minimum atomic E-state index is -0.251. The van der Waals surface area contributed by atoms with E-state index in [4.69, 9.17) is 13.9 Å². The molecule has 1 saturated carbocycles. The summed E-state index contributed by atoms with van der Waals surface area (Å²) >= 11 is 0. The topological polar surface area (TPSA) is 70.7 Å². The first-order valence-corrected chi connectivity index (χ1v) is 11.7. The molecule has 2 heterocycles. The van der Waals surface area contributed by atoms with E-state index in [-0.39, 0.29) is 29.7 Å². The summed E-state index contributed by atoms with van der Waals surface area (Å²) in [5, 5.41) is 1.26. The fourth-order valence-corrected chi connectivity index (χ4v) is 4.30. The van der Waals surface area contributed by atoms with Crippen molar-refractivity contribution in [3.8, 4) is 5.75 Å². The second-order valence-electron chi connectivity index (χ2n) is 8.49. The number of carbonyl (C=O) groups is 1. The number of hydrogen-bond donors (Lipinski definition) is 0. The van der Waals surface area contributed by atoms with E-state index in [2.05, 4.69) is 41.1 Å². The zero-order valence-electron chi connectivity index (χ0n) is 18.5. The lowest BCUT2D eigenvalue weighted by atomic mass is 9.89. The Balaban J connectivity index is 1.15. The van der Waals surface area contributed by atoms with Crippen molar-refractivity contribution in [2.45, 2.75) is 64.5 Å². The highest BCUT2D eigenvalue weighted by molar-refractivity contribution is 5.79. The van der Waals surface area contributed by atoms with Crippen molar-refractivity contribution in [1.29, 1.82) is 0 Å². The molecule has 6 nitrogen and oxygen atoms in total. The van der Waals surface area contributed by atoms with E-state index in [0.717, 1.165) is 51.5 Å². The minimum Gasteiger partial charge on any atom is -0.487 e. The molecule has 170 valence electrons. The molecular weight excluding hydrogens is 406 g/mol. The standard InChI is InChI=1S/C26H31NO5/c28-24-17-22(18-32-26(29)21-10-3-1-4-11-21)31-19-25(24)30-16-8-2-7-14-27-15-13-20-9-5-6-12-23(20)27/h5-6,9,12-13,15,17,19,21H,1-4,7-8,10-11,14,16,18H2. The highest BCUT2D eigenvalue weighted by Crippen LogP contribution is 2.25. The van der Waals surface area contributed by atoms with Gasteiger partial charge in [0.25, 0.3) is 0 Å². The molecule has 4 rings (SSSR count). The number of aromatic nitrogens is 1. The molecule has 0 aliphatic heterocycles. The zero-order valence-corrected chi connectivity index (χ0v) is 18.5. The van der Waals surface area contributed by atoms with Gasteiger partial charge in [0.1, 0.15) is 18.6 Å². The van der Waals surface area contributed by atoms with Gasteiger partial charge in [-0.1, -0.05) is 37.5 Å². The molecule has 0 amide bonds. The van der Waals surface area contributed by atoms with Gasteiger partial charge in [-0.15, -0.1) is 0 Å². The van der Waals surface area contributed by atoms with Gasteiger partial charge >= 0.3 is 5.97 Å². The van der Waals surface area contributed by atoms with Gasteiger partial charge in [-0.3, -0.25) is 9.59 Å². The van der Waals surface area contributed by atoms with Crippen LogP contribution in [0.25, 0.3) is 10.9 Å². The number of unbranched alkanes of at least 4 members (excludes halogenated alkanes) is 2. The number of carbonyl (C=O) groups excluding carboxylic acids is 1. The van der Waals surface area contributed by atoms with E-state index in [1.165, 1.54) is 29.7 Å². The number of hydrogen-bond acceptors (Lipinski definition) is 5. The fourth-order valence-electron chi connectivity index (χ4n) is 4.30. The molecule has 0 unspecified atom stereocenters. The van der Waals surface area contributed by atoms with E-state index in [1.807, 2.05) is 0 Å². The second kappa shape index (κ2) is 11.0. The summed E-state index contributed by atoms with van der Waals surface area (Å²) in [6.07, 6.45) is 11.5. The van der Waals surface area contributed by atoms with Crippen molar-refractivity contribution < 1.29 is 18.7 Å². The van der Waals surface area contributed by atoms with Crippen LogP contribution in [0.5, 0.6) is 5.75 Å². The van der Waals surface area contributed by atoms with Gasteiger partial charge in [0.15, 0.2) is 0 Å². The Hall–Kier alpha value is -3.02. The van der Waals surface area contributed by atoms with Crippen molar-refractivity contribution in [2.24, 2.45) is 5.92 Å². The zero-order chi connectivity index (χ0) is 22.2. The number of fused-ring (bicyclic) bond motifs is 1. The normalized spacial score (nSPS) is 14.5. The number of benzene rings is 1. The molecule has 2 aromatic heterocycles. The maximum absolute atomic E-state index is 12.3. The van der Waals surface area contributed by atoms with Gasteiger partial charge in [-0.25, -0.2) is 0 Å². The number of aryl methyl sites for hydroxylation is 1. The van der Waals surface area contributed by atoms with Crippen LogP contribution in [0.3, 0.4) is 0 Å². The summed E-state index contributed by atoms with van der Waals surface area (Å²) in [5.74, 6) is 0.323. The molecule has 32 heavy (non-hydrogen) atoms. The molecule has 3 aromatic rings. The first-order valence-electron chi connectivity index (χ1n) is 11.7. The smallest absolute Gasteiger partial charge is 0.309 e. The maximum atomic E-state index is 12.3. The van der Waals surface area contributed by atoms with Crippen molar-refractivity contribution in [3.63, 3.8) is 0 Å². The quantitative estimate of drug-likeness (QED) is 0.311. The summed E-state index contributed by atoms with van der Waals surface area (Å²) in [6.45, 7) is 1.41. The van der Waals surface area contributed by atoms with E-state index in [0.29, 0.717) is 12.4 Å². The van der Waals surface area contributed by atoms with E-state index < -0.39 is 0 Å². The largest absolute Gasteiger partial charge is 0.487 e. The number of rotatable bonds is 10. The summed E-state index contributed by atoms with van der Waals surface area (Å²) in [4.78, 5) is 24.4. The predicted octanol–water partition coefficient (Wildman–Crippen LogP) is 5.47. The van der Waals surface area contributed by atoms with Gasteiger partial charge in [0, 0.05) is 24.3 Å². The van der Waals surface area contributed by atoms with Crippen molar-refractivity contribution in [1.82, 2.24) is 4.57 Å². The van der Waals surface area contributed by atoms with Gasteiger partial charge in [0.05, 0.1) is 12.5 Å². The third-order valence-corrected chi connectivity index (χ3v) is 6.13. The van der Waals surface area contributed by atoms with Gasteiger partial charge < -0.3 is 18.5 Å². The predicted molar refractivity (Wildman–Crippen MR) is 123 cm³/mol. The molecule has 0 spiro atoms. The average molecular weight is 438 g/mol. The van der Waals surface area contributed by atoms with Gasteiger partial charge in [-0.05, 0) is 49.6 Å². The van der Waals surface area contributed by atoms with Crippen LogP contribution >= 0.6 is 0 Å². The van der Waals surface area contributed by atoms with Crippen LogP contribution in [0.2, 0.25) is 0 Å². The first-order chi connectivity index (χ1) is 15.7. The van der Waals surface area contributed by atoms with Crippen LogP contribution in [0.1, 0.15) is 57.1 Å². The summed E-state index contributed by atoms with van der Waals surface area (Å²) in [6, 6.07) is 11.9. The molecule has 6 heteroatoms. The lowest BCUT2D eigenvalue weighted by molar-refractivity contribution is -0.151. The number of ether oxygens (including phenoxy) is 2. The molecule has 0 atom stereocenters. The number of esters is 1. The van der Waals surface area contributed by atoms with E-state index in [9.17, 15) is 9.59 Å². The Labute approximate surface area is 188 Å². The van der Waals surface area contributed by atoms with Gasteiger partial charge in [0.2, 0.25) is 11.2 Å². The Morgan fingerprint density at radius 1 is 1.06 bits per heavy atom. The van der Waals surface area contributed by atoms with Crippen LogP contribution in [-0.4, -0.2) is 17.1 Å². The third-order valence-electron chi connectivity index (χ3n) is 6.13. The highest BCUT2D eigenvalue weighted by atomic mass is 16.5. The Morgan fingerprint density at radius 2 is 1.91 bits per heavy atom. The number of nitrogens with zero attached hydrogens (tertiary/aromatic N) is 1. The molecule has 1 aliphatic carbocycles. The van der Waals surface area contributed by atoms with Crippen LogP contribution in [0.4, 0.5) is 0 Å². The highest BCUT2D eigenvalue weighted by Gasteiger charge is 2.22. The maximum Gasteiger partial charge on any atom is 0.309 e. The van der Waals surface area contributed by atoms with Crippen LogP contribution in [-0.2, 0) is 22.7 Å². The third kappa shape index (κ3) is 5.81. The van der Waals surface area contributed by atoms with Crippen LogP contribution in [0, 0.1) is 5.92 Å². The second-order valence-corrected chi connectivity index (χ2v) is 8.49. The number of para-hydroxylation sites is 1. The molecule has 1 aliphatic rings. The van der Waals surface area contributed by atoms with Crippen LogP contribution in [0.15, 0.2) is 58.1 Å². The van der Waals surface area contributed by atoms with Crippen molar-refractivity contribution >= 4 is 16.9 Å². The molecule has 0 bridgehead atoms. The van der Waals surface area contributed by atoms with E-state index in [1.54, 1.807) is 0 Å². The molecule has 0 radical (unpaired) electrons.